The molecule has 0 aromatic carbocycles. The Balaban J connectivity index is 3.35. The Kier molecular flexibility index (Phi) is 1.76. The first-order valence-electron chi connectivity index (χ1n) is 3.04. The van der Waals surface area contributed by atoms with Crippen LogP contribution < -0.4 is 5.56 Å². The van der Waals surface area contributed by atoms with E-state index >= 15 is 0 Å². The van der Waals surface area contributed by atoms with E-state index in [0.717, 1.165) is 5.56 Å². The number of aromatic carboxylic acids is 1. The van der Waals surface area contributed by atoms with E-state index in [1.165, 1.54) is 12.3 Å². The minimum Gasteiger partial charge on any atom is -0.477 e. The molecule has 0 saturated heterocycles. The average molecular weight is 153 g/mol. The molecule has 0 spiro atoms. The predicted molar refractivity (Wildman–Crippen MR) is 38.8 cm³/mol. The molecule has 1 aromatic rings. The fourth-order valence-corrected chi connectivity index (χ4v) is 0.751. The number of carbonyl (C=O) groups is 1. The first kappa shape index (κ1) is 7.53. The predicted octanol–water partition coefficient (Wildman–Crippen LogP) is 0.382. The van der Waals surface area contributed by atoms with Crippen molar-refractivity contribution < 1.29 is 9.90 Å². The maximum atomic E-state index is 10.8. The van der Waals surface area contributed by atoms with Crippen molar-refractivity contribution in [3.05, 3.63) is 33.7 Å². The van der Waals surface area contributed by atoms with Gasteiger partial charge in [-0.25, -0.2) is 4.79 Å². The van der Waals surface area contributed by atoms with E-state index in [1.807, 2.05) is 0 Å². The first-order chi connectivity index (χ1) is 5.11. The number of rotatable bonds is 1. The highest BCUT2D eigenvalue weighted by Crippen LogP contribution is 1.94. The van der Waals surface area contributed by atoms with Gasteiger partial charge in [0.2, 0.25) is 0 Å². The molecule has 0 atom stereocenters. The van der Waals surface area contributed by atoms with Crippen molar-refractivity contribution in [2.75, 3.05) is 0 Å². The Morgan fingerprint density at radius 1 is 1.64 bits per heavy atom. The van der Waals surface area contributed by atoms with E-state index in [9.17, 15) is 9.59 Å². The van der Waals surface area contributed by atoms with Crippen LogP contribution in [0.4, 0.5) is 0 Å². The fourth-order valence-electron chi connectivity index (χ4n) is 0.751. The van der Waals surface area contributed by atoms with Gasteiger partial charge in [0.15, 0.2) is 0 Å². The average Bonchev–Trinajstić information content (AvgIpc) is 1.94. The molecule has 0 aliphatic heterocycles. The number of aromatic amines is 1. The summed E-state index contributed by atoms with van der Waals surface area (Å²) in [5, 5.41) is 8.47. The number of nitrogens with one attached hydrogen (secondary N) is 1. The summed E-state index contributed by atoms with van der Waals surface area (Å²) in [5.74, 6) is -1.20. The van der Waals surface area contributed by atoms with Gasteiger partial charge in [-0.2, -0.15) is 0 Å². The van der Waals surface area contributed by atoms with Crippen molar-refractivity contribution in [3.8, 4) is 0 Å². The molecule has 0 fully saturated rings. The van der Waals surface area contributed by atoms with Crippen LogP contribution in [0.25, 0.3) is 0 Å². The standard InChI is InChI=1S/C7H7NO3/c1-4-2-5(7(10)11)6(9)8-3-4/h2-3H,1H3,(H,8,9)(H,10,11). The number of aromatic nitrogens is 1. The van der Waals surface area contributed by atoms with Crippen molar-refractivity contribution in [2.45, 2.75) is 6.92 Å². The van der Waals surface area contributed by atoms with E-state index in [1.54, 1.807) is 6.92 Å². The summed E-state index contributed by atoms with van der Waals surface area (Å²) in [7, 11) is 0. The fraction of sp³-hybridized carbons (Fsp3) is 0.143. The van der Waals surface area contributed by atoms with Crippen molar-refractivity contribution >= 4 is 5.97 Å². The van der Waals surface area contributed by atoms with E-state index in [4.69, 9.17) is 5.11 Å². The zero-order chi connectivity index (χ0) is 8.43. The quantitative estimate of drug-likeness (QED) is 0.612. The molecule has 11 heavy (non-hydrogen) atoms. The minimum atomic E-state index is -1.20. The van der Waals surface area contributed by atoms with Crippen LogP contribution in [-0.4, -0.2) is 16.1 Å². The van der Waals surface area contributed by atoms with Gasteiger partial charge in [0.25, 0.3) is 5.56 Å². The minimum absolute atomic E-state index is 0.218. The molecular weight excluding hydrogens is 146 g/mol. The van der Waals surface area contributed by atoms with Crippen LogP contribution in [0.5, 0.6) is 0 Å². The summed E-state index contributed by atoms with van der Waals surface area (Å²) in [4.78, 5) is 23.4. The van der Waals surface area contributed by atoms with Gasteiger partial charge in [0.05, 0.1) is 0 Å². The molecule has 1 aromatic heterocycles. The van der Waals surface area contributed by atoms with Gasteiger partial charge in [-0.15, -0.1) is 0 Å². The van der Waals surface area contributed by atoms with Crippen LogP contribution in [0.1, 0.15) is 15.9 Å². The number of hydrogen-bond donors (Lipinski definition) is 2. The molecule has 58 valence electrons. The Morgan fingerprint density at radius 2 is 2.27 bits per heavy atom. The molecule has 0 saturated carbocycles. The maximum Gasteiger partial charge on any atom is 0.341 e. The highest BCUT2D eigenvalue weighted by atomic mass is 16.4. The van der Waals surface area contributed by atoms with Gasteiger partial charge in [0.1, 0.15) is 5.56 Å². The lowest BCUT2D eigenvalue weighted by Crippen LogP contribution is -2.16. The van der Waals surface area contributed by atoms with E-state index < -0.39 is 11.5 Å². The molecule has 0 amide bonds. The molecule has 0 radical (unpaired) electrons. The molecule has 4 nitrogen and oxygen atoms in total. The summed E-state index contributed by atoms with van der Waals surface area (Å²) in [6.07, 6.45) is 1.47. The molecule has 4 heteroatoms. The first-order valence-corrected chi connectivity index (χ1v) is 3.04. The molecule has 0 bridgehead atoms. The molecule has 0 aliphatic carbocycles. The van der Waals surface area contributed by atoms with Crippen molar-refractivity contribution in [2.24, 2.45) is 0 Å². The van der Waals surface area contributed by atoms with Gasteiger partial charge >= 0.3 is 5.97 Å². The normalized spacial score (nSPS) is 9.55. The Hall–Kier alpha value is -1.58. The lowest BCUT2D eigenvalue weighted by molar-refractivity contribution is 0.0695. The Bertz CT molecular complexity index is 340. The summed E-state index contributed by atoms with van der Waals surface area (Å²) >= 11 is 0. The Morgan fingerprint density at radius 3 is 2.73 bits per heavy atom. The number of aryl methyl sites for hydroxylation is 1. The largest absolute Gasteiger partial charge is 0.477 e. The second-order valence-electron chi connectivity index (χ2n) is 2.22. The van der Waals surface area contributed by atoms with Gasteiger partial charge in [-0.1, -0.05) is 0 Å². The van der Waals surface area contributed by atoms with E-state index in [2.05, 4.69) is 4.98 Å². The van der Waals surface area contributed by atoms with Crippen LogP contribution in [0.3, 0.4) is 0 Å². The summed E-state index contributed by atoms with van der Waals surface area (Å²) < 4.78 is 0. The van der Waals surface area contributed by atoms with Crippen molar-refractivity contribution in [1.82, 2.24) is 4.98 Å². The maximum absolute atomic E-state index is 10.8. The topological polar surface area (TPSA) is 70.2 Å². The zero-order valence-electron chi connectivity index (χ0n) is 5.92. The van der Waals surface area contributed by atoms with E-state index in [0.29, 0.717) is 0 Å². The highest BCUT2D eigenvalue weighted by molar-refractivity contribution is 5.87. The lowest BCUT2D eigenvalue weighted by Gasteiger charge is -1.93. The van der Waals surface area contributed by atoms with Crippen LogP contribution in [0, 0.1) is 6.92 Å². The van der Waals surface area contributed by atoms with Gasteiger partial charge in [-0.3, -0.25) is 4.79 Å². The molecule has 1 rings (SSSR count). The zero-order valence-corrected chi connectivity index (χ0v) is 5.92. The van der Waals surface area contributed by atoms with Gasteiger partial charge in [0, 0.05) is 6.20 Å². The number of carboxylic acids is 1. The monoisotopic (exact) mass is 153 g/mol. The van der Waals surface area contributed by atoms with Crippen molar-refractivity contribution in [3.63, 3.8) is 0 Å². The summed E-state index contributed by atoms with van der Waals surface area (Å²) in [6, 6.07) is 1.33. The highest BCUT2D eigenvalue weighted by Gasteiger charge is 2.06. The third-order valence-corrected chi connectivity index (χ3v) is 1.28. The van der Waals surface area contributed by atoms with Crippen LogP contribution in [0.2, 0.25) is 0 Å². The lowest BCUT2D eigenvalue weighted by atomic mass is 10.2. The smallest absolute Gasteiger partial charge is 0.341 e. The third-order valence-electron chi connectivity index (χ3n) is 1.28. The number of carboxylic acid groups (broad SMARTS) is 1. The number of H-pyrrole nitrogens is 1. The molecule has 0 aliphatic rings. The molecule has 0 unspecified atom stereocenters. The van der Waals surface area contributed by atoms with E-state index in [-0.39, 0.29) is 5.56 Å². The van der Waals surface area contributed by atoms with Crippen LogP contribution >= 0.6 is 0 Å². The third kappa shape index (κ3) is 1.46. The summed E-state index contributed by atoms with van der Waals surface area (Å²) in [6.45, 7) is 1.71. The SMILES string of the molecule is Cc1c[nH]c(=O)c(C(=O)O)c1. The second-order valence-corrected chi connectivity index (χ2v) is 2.22. The number of hydrogen-bond acceptors (Lipinski definition) is 2. The number of pyridine rings is 1. The molecular formula is C7H7NO3. The second kappa shape index (κ2) is 2.57. The van der Waals surface area contributed by atoms with Crippen molar-refractivity contribution in [1.29, 1.82) is 0 Å². The summed E-state index contributed by atoms with van der Waals surface area (Å²) in [5.41, 5.74) is -0.0601. The van der Waals surface area contributed by atoms with Gasteiger partial charge in [-0.05, 0) is 18.6 Å². The van der Waals surface area contributed by atoms with Gasteiger partial charge < -0.3 is 10.1 Å². The van der Waals surface area contributed by atoms with Crippen LogP contribution in [-0.2, 0) is 0 Å². The molecule has 1 heterocycles. The van der Waals surface area contributed by atoms with Crippen LogP contribution in [0.15, 0.2) is 17.1 Å². The molecule has 2 N–H and O–H groups in total. The Labute approximate surface area is 62.5 Å².